The summed E-state index contributed by atoms with van der Waals surface area (Å²) < 4.78 is 23.0. The highest BCUT2D eigenvalue weighted by Gasteiger charge is 2.24. The smallest absolute Gasteiger partial charge is 0.268 e. The van der Waals surface area contributed by atoms with Crippen molar-refractivity contribution in [3.05, 3.63) is 109 Å². The maximum absolute atomic E-state index is 12.7. The highest BCUT2D eigenvalue weighted by atomic mass is 31.2. The number of likely N-dealkylation sites (N-methyl/N-ethyl adjacent to an activating group) is 1. The molecule has 366 valence electrons. The van der Waals surface area contributed by atoms with Crippen molar-refractivity contribution in [3.8, 4) is 0 Å². The first-order chi connectivity index (χ1) is 31.0. The summed E-state index contributed by atoms with van der Waals surface area (Å²) >= 11 is 0. The van der Waals surface area contributed by atoms with Crippen molar-refractivity contribution < 1.29 is 32.9 Å². The monoisotopic (exact) mass is 911 g/mol. The number of aliphatic hydroxyl groups excluding tert-OH is 1. The number of hydrogen-bond acceptors (Lipinski definition) is 6. The van der Waals surface area contributed by atoms with E-state index in [2.05, 4.69) is 129 Å². The number of phosphoric acid groups is 1. The molecular weight excluding hydrogens is 816 g/mol. The summed E-state index contributed by atoms with van der Waals surface area (Å²) in [6.45, 7) is 4.40. The summed E-state index contributed by atoms with van der Waals surface area (Å²) in [6.07, 6.45) is 66.4. The van der Waals surface area contributed by atoms with Crippen LogP contribution >= 0.6 is 7.82 Å². The molecule has 0 aliphatic carbocycles. The zero-order valence-electron chi connectivity index (χ0n) is 41.4. The van der Waals surface area contributed by atoms with Crippen LogP contribution in [0.2, 0.25) is 0 Å². The van der Waals surface area contributed by atoms with E-state index in [1.54, 1.807) is 0 Å². The van der Waals surface area contributed by atoms with Gasteiger partial charge in [-0.3, -0.25) is 9.36 Å². The van der Waals surface area contributed by atoms with Crippen LogP contribution < -0.4 is 10.2 Å². The van der Waals surface area contributed by atoms with Crippen molar-refractivity contribution >= 4 is 13.7 Å². The van der Waals surface area contributed by atoms with E-state index in [0.717, 1.165) is 96.3 Å². The fourth-order valence-corrected chi connectivity index (χ4v) is 7.28. The lowest BCUT2D eigenvalue weighted by atomic mass is 10.0. The maximum Gasteiger partial charge on any atom is 0.268 e. The molecular formula is C55H95N2O6P. The number of allylic oxidation sites excluding steroid dienone is 18. The Morgan fingerprint density at radius 3 is 1.36 bits per heavy atom. The van der Waals surface area contributed by atoms with Gasteiger partial charge in [-0.25, -0.2) is 0 Å². The van der Waals surface area contributed by atoms with E-state index in [1.807, 2.05) is 21.1 Å². The SMILES string of the molecule is CC/C=C\C/C=C\C/C=C\C/C=C\C/C=C\C/C=C\C/C=C\C/C=C\C/C=C\CCCCCCCCCCCCCC(=O)NC(COP(=O)([O-])OCC[N+](C)(C)C)C(O)CCCCC. The van der Waals surface area contributed by atoms with Gasteiger partial charge in [0.05, 0.1) is 39.9 Å². The van der Waals surface area contributed by atoms with E-state index in [4.69, 9.17) is 9.05 Å². The molecule has 0 saturated carbocycles. The second-order valence-corrected chi connectivity index (χ2v) is 19.2. The second-order valence-electron chi connectivity index (χ2n) is 17.8. The first-order valence-corrected chi connectivity index (χ1v) is 26.7. The fourth-order valence-electron chi connectivity index (χ4n) is 6.56. The van der Waals surface area contributed by atoms with Gasteiger partial charge in [-0.15, -0.1) is 0 Å². The van der Waals surface area contributed by atoms with Crippen molar-refractivity contribution in [1.29, 1.82) is 0 Å². The molecule has 0 fully saturated rings. The first-order valence-electron chi connectivity index (χ1n) is 25.2. The Labute approximate surface area is 393 Å². The molecule has 8 nitrogen and oxygen atoms in total. The number of carbonyl (C=O) groups excluding carboxylic acids is 1. The summed E-state index contributed by atoms with van der Waals surface area (Å²) in [6, 6.07) is -0.804. The standard InChI is InChI=1S/C55H95N2O6P/c1-6-8-10-11-12-13-14-15-16-17-18-19-20-21-22-23-24-25-26-27-28-29-30-31-32-33-34-35-36-37-38-39-40-41-42-43-44-45-47-49-55(59)56-53(54(58)48-46-9-7-2)52-63-64(60,61)62-51-50-57(3,4)5/h8,10,12-13,15-16,18-19,21-22,24-25,27-28,30-31,33-34,53-54,58H,6-7,9,11,14,17,20,23,26,29,32,35-52H2,1-5H3,(H-,56,59,60,61)/b10-8-,13-12-,16-15-,19-18-,22-21-,25-24-,28-27-,31-30-,34-33-. The van der Waals surface area contributed by atoms with Crippen LogP contribution in [-0.2, 0) is 18.4 Å². The molecule has 0 aromatic heterocycles. The summed E-state index contributed by atoms with van der Waals surface area (Å²) in [5.41, 5.74) is 0. The number of unbranched alkanes of at least 4 members (excludes halogenated alkanes) is 13. The van der Waals surface area contributed by atoms with Gasteiger partial charge in [0.2, 0.25) is 5.91 Å². The maximum atomic E-state index is 12.7. The fraction of sp³-hybridized carbons (Fsp3) is 0.655. The van der Waals surface area contributed by atoms with Crippen molar-refractivity contribution in [2.24, 2.45) is 0 Å². The molecule has 64 heavy (non-hydrogen) atoms. The summed E-state index contributed by atoms with van der Waals surface area (Å²) in [5.74, 6) is -0.186. The molecule has 0 radical (unpaired) electrons. The summed E-state index contributed by atoms with van der Waals surface area (Å²) in [5, 5.41) is 13.6. The van der Waals surface area contributed by atoms with E-state index < -0.39 is 20.0 Å². The molecule has 0 aromatic carbocycles. The third-order valence-corrected chi connectivity index (χ3v) is 11.5. The van der Waals surface area contributed by atoms with Crippen molar-refractivity contribution in [1.82, 2.24) is 5.32 Å². The Morgan fingerprint density at radius 1 is 0.562 bits per heavy atom. The number of rotatable bonds is 44. The number of nitrogens with zero attached hydrogens (tertiary/aromatic N) is 1. The number of hydrogen-bond donors (Lipinski definition) is 2. The average Bonchev–Trinajstić information content (AvgIpc) is 3.25. The van der Waals surface area contributed by atoms with Gasteiger partial charge >= 0.3 is 0 Å². The van der Waals surface area contributed by atoms with Crippen LogP contribution in [0.3, 0.4) is 0 Å². The molecule has 0 aliphatic rings. The van der Waals surface area contributed by atoms with Gasteiger partial charge in [0.25, 0.3) is 7.82 Å². The van der Waals surface area contributed by atoms with Crippen LogP contribution in [0.15, 0.2) is 109 Å². The Morgan fingerprint density at radius 2 is 0.953 bits per heavy atom. The van der Waals surface area contributed by atoms with Gasteiger partial charge in [0, 0.05) is 6.42 Å². The third-order valence-electron chi connectivity index (χ3n) is 10.5. The number of phosphoric ester groups is 1. The zero-order valence-corrected chi connectivity index (χ0v) is 42.3. The number of quaternary nitrogens is 1. The zero-order chi connectivity index (χ0) is 47.1. The number of carbonyl (C=O) groups is 1. The summed E-state index contributed by atoms with van der Waals surface area (Å²) in [4.78, 5) is 25.0. The largest absolute Gasteiger partial charge is 0.756 e. The second kappa shape index (κ2) is 45.3. The lowest BCUT2D eigenvalue weighted by molar-refractivity contribution is -0.870. The predicted molar refractivity (Wildman–Crippen MR) is 274 cm³/mol. The van der Waals surface area contributed by atoms with Crippen molar-refractivity contribution in [3.63, 3.8) is 0 Å². The van der Waals surface area contributed by atoms with Gasteiger partial charge < -0.3 is 28.8 Å². The van der Waals surface area contributed by atoms with Crippen LogP contribution in [0, 0.1) is 0 Å². The molecule has 0 bridgehead atoms. The number of aliphatic hydroxyl groups is 1. The van der Waals surface area contributed by atoms with Gasteiger partial charge in [-0.05, 0) is 83.5 Å². The summed E-state index contributed by atoms with van der Waals surface area (Å²) in [7, 11) is 1.28. The quantitative estimate of drug-likeness (QED) is 0.0273. The van der Waals surface area contributed by atoms with E-state index in [1.165, 1.54) is 57.8 Å². The molecule has 0 heterocycles. The van der Waals surface area contributed by atoms with E-state index in [9.17, 15) is 19.4 Å². The molecule has 9 heteroatoms. The molecule has 0 saturated heterocycles. The minimum absolute atomic E-state index is 0.00512. The first kappa shape index (κ1) is 61.2. The number of amides is 1. The lowest BCUT2D eigenvalue weighted by Gasteiger charge is -2.30. The predicted octanol–water partition coefficient (Wildman–Crippen LogP) is 14.2. The molecule has 1 amide bonds. The van der Waals surface area contributed by atoms with Gasteiger partial charge in [-0.2, -0.15) is 0 Å². The minimum atomic E-state index is -4.55. The van der Waals surface area contributed by atoms with Crippen LogP contribution in [0.4, 0.5) is 0 Å². The van der Waals surface area contributed by atoms with E-state index in [-0.39, 0.29) is 19.1 Å². The topological polar surface area (TPSA) is 108 Å². The van der Waals surface area contributed by atoms with Gasteiger partial charge in [0.15, 0.2) is 0 Å². The molecule has 3 atom stereocenters. The van der Waals surface area contributed by atoms with Gasteiger partial charge in [0.1, 0.15) is 13.2 Å². The number of nitrogens with one attached hydrogen (secondary N) is 1. The Hall–Kier alpha value is -2.84. The molecule has 2 N–H and O–H groups in total. The Bertz CT molecular complexity index is 1400. The lowest BCUT2D eigenvalue weighted by Crippen LogP contribution is -2.46. The molecule has 0 spiro atoms. The average molecular weight is 911 g/mol. The minimum Gasteiger partial charge on any atom is -0.756 e. The van der Waals surface area contributed by atoms with E-state index >= 15 is 0 Å². The molecule has 0 rings (SSSR count). The molecule has 0 aromatic rings. The van der Waals surface area contributed by atoms with Crippen molar-refractivity contribution in [2.45, 2.75) is 193 Å². The van der Waals surface area contributed by atoms with Crippen LogP contribution in [0.1, 0.15) is 181 Å². The van der Waals surface area contributed by atoms with E-state index in [0.29, 0.717) is 23.9 Å². The molecule has 3 unspecified atom stereocenters. The van der Waals surface area contributed by atoms with Crippen LogP contribution in [-0.4, -0.2) is 68.5 Å². The Kier molecular flexibility index (Phi) is 43.3. The van der Waals surface area contributed by atoms with Crippen LogP contribution in [0.25, 0.3) is 0 Å². The highest BCUT2D eigenvalue weighted by molar-refractivity contribution is 7.45. The molecule has 0 aliphatic heterocycles. The third kappa shape index (κ3) is 47.1. The van der Waals surface area contributed by atoms with Crippen LogP contribution in [0.5, 0.6) is 0 Å². The Balaban J connectivity index is 3.83. The normalized spacial score (nSPS) is 15.0. The van der Waals surface area contributed by atoms with Gasteiger partial charge in [-0.1, -0.05) is 200 Å². The van der Waals surface area contributed by atoms with Crippen molar-refractivity contribution in [2.75, 3.05) is 40.9 Å². The highest BCUT2D eigenvalue weighted by Crippen LogP contribution is 2.38.